The first-order valence-corrected chi connectivity index (χ1v) is 13.3. The van der Waals surface area contributed by atoms with E-state index in [0.717, 1.165) is 31.5 Å². The highest BCUT2D eigenvalue weighted by molar-refractivity contribution is 5.92. The van der Waals surface area contributed by atoms with Gasteiger partial charge in [0.15, 0.2) is 17.3 Å². The van der Waals surface area contributed by atoms with Crippen LogP contribution in [0.15, 0.2) is 30.3 Å². The van der Waals surface area contributed by atoms with Crippen LogP contribution in [-0.4, -0.2) is 79.2 Å². The van der Waals surface area contributed by atoms with Crippen LogP contribution in [0.25, 0.3) is 10.9 Å². The molecule has 1 atom stereocenters. The summed E-state index contributed by atoms with van der Waals surface area (Å²) in [5.41, 5.74) is 7.19. The number of likely N-dealkylation sites (tertiary alicyclic amines) is 1. The van der Waals surface area contributed by atoms with Crippen molar-refractivity contribution in [1.29, 1.82) is 0 Å². The van der Waals surface area contributed by atoms with Crippen LogP contribution in [0.4, 0.5) is 20.5 Å². The highest BCUT2D eigenvalue weighted by Gasteiger charge is 2.30. The maximum absolute atomic E-state index is 15.2. The van der Waals surface area contributed by atoms with Gasteiger partial charge in [-0.05, 0) is 49.7 Å². The molecular formula is C28H35ClF2N6O3. The number of carbonyl (C=O) groups is 1. The number of amides is 1. The van der Waals surface area contributed by atoms with Gasteiger partial charge in [0.05, 0.1) is 14.2 Å². The number of benzene rings is 2. The summed E-state index contributed by atoms with van der Waals surface area (Å²) in [5.74, 6) is -0.299. The van der Waals surface area contributed by atoms with Gasteiger partial charge in [0.2, 0.25) is 11.9 Å². The number of aromatic nitrogens is 2. The van der Waals surface area contributed by atoms with Crippen LogP contribution in [0, 0.1) is 11.6 Å². The lowest BCUT2D eigenvalue weighted by Gasteiger charge is -2.38. The Morgan fingerprint density at radius 2 is 1.65 bits per heavy atom. The number of nitrogens with zero attached hydrogens (tertiary/aromatic N) is 5. The maximum Gasteiger partial charge on any atom is 0.228 e. The van der Waals surface area contributed by atoms with Crippen molar-refractivity contribution >= 4 is 41.0 Å². The lowest BCUT2D eigenvalue weighted by molar-refractivity contribution is -0.133. The Kier molecular flexibility index (Phi) is 9.47. The van der Waals surface area contributed by atoms with Crippen molar-refractivity contribution in [3.05, 3.63) is 47.5 Å². The highest BCUT2D eigenvalue weighted by Crippen LogP contribution is 2.37. The van der Waals surface area contributed by atoms with Gasteiger partial charge in [-0.15, -0.1) is 12.4 Å². The molecule has 216 valence electrons. The lowest BCUT2D eigenvalue weighted by atomic mass is 9.98. The molecule has 0 saturated carbocycles. The monoisotopic (exact) mass is 576 g/mol. The summed E-state index contributed by atoms with van der Waals surface area (Å²) in [4.78, 5) is 28.4. The number of halogens is 3. The topological polar surface area (TPSA) is 97.0 Å². The molecule has 2 saturated heterocycles. The van der Waals surface area contributed by atoms with Gasteiger partial charge in [0, 0.05) is 44.0 Å². The van der Waals surface area contributed by atoms with E-state index >= 15 is 4.39 Å². The zero-order valence-corrected chi connectivity index (χ0v) is 23.6. The number of nitrogen functional groups attached to an aromatic ring is 1. The van der Waals surface area contributed by atoms with E-state index in [4.69, 9.17) is 15.2 Å². The van der Waals surface area contributed by atoms with Crippen molar-refractivity contribution in [3.8, 4) is 11.5 Å². The second-order valence-electron chi connectivity index (χ2n) is 9.97. The van der Waals surface area contributed by atoms with Crippen molar-refractivity contribution in [1.82, 2.24) is 19.8 Å². The van der Waals surface area contributed by atoms with Gasteiger partial charge in [-0.25, -0.2) is 13.8 Å². The molecule has 12 heteroatoms. The first-order chi connectivity index (χ1) is 18.9. The third-order valence-electron chi connectivity index (χ3n) is 7.66. The van der Waals surface area contributed by atoms with Crippen LogP contribution in [0.1, 0.15) is 37.3 Å². The summed E-state index contributed by atoms with van der Waals surface area (Å²) >= 11 is 0. The molecule has 40 heavy (non-hydrogen) atoms. The molecule has 0 radical (unpaired) electrons. The Hall–Kier alpha value is -3.44. The minimum atomic E-state index is -0.666. The first kappa shape index (κ1) is 29.5. The summed E-state index contributed by atoms with van der Waals surface area (Å²) in [6.45, 7) is 3.77. The van der Waals surface area contributed by atoms with E-state index in [-0.39, 0.29) is 53.0 Å². The SMILES string of the molecule is COc1cc2c(N)nc(N3CCN(C(=O)CC(c4ccc(F)cc4)N4CCCCC4)CC3)nc2c(F)c1OC.Cl. The molecule has 0 aliphatic carbocycles. The minimum absolute atomic E-state index is 0. The van der Waals surface area contributed by atoms with Gasteiger partial charge in [-0.2, -0.15) is 4.98 Å². The number of methoxy groups -OCH3 is 2. The van der Waals surface area contributed by atoms with Crippen LogP contribution in [0.3, 0.4) is 0 Å². The number of piperazine rings is 1. The van der Waals surface area contributed by atoms with Gasteiger partial charge in [-0.3, -0.25) is 9.69 Å². The third-order valence-corrected chi connectivity index (χ3v) is 7.66. The highest BCUT2D eigenvalue weighted by atomic mass is 35.5. The molecule has 0 spiro atoms. The van der Waals surface area contributed by atoms with Crippen LogP contribution in [0.5, 0.6) is 11.5 Å². The zero-order valence-electron chi connectivity index (χ0n) is 22.7. The van der Waals surface area contributed by atoms with Gasteiger partial charge in [0.25, 0.3) is 0 Å². The van der Waals surface area contributed by atoms with Crippen LogP contribution in [0.2, 0.25) is 0 Å². The minimum Gasteiger partial charge on any atom is -0.493 e. The largest absolute Gasteiger partial charge is 0.493 e. The smallest absolute Gasteiger partial charge is 0.228 e. The van der Waals surface area contributed by atoms with E-state index in [0.29, 0.717) is 43.9 Å². The van der Waals surface area contributed by atoms with Gasteiger partial charge >= 0.3 is 0 Å². The Labute approximate surface area is 238 Å². The van der Waals surface area contributed by atoms with Gasteiger partial charge in [-0.1, -0.05) is 18.6 Å². The quantitative estimate of drug-likeness (QED) is 0.447. The number of fused-ring (bicyclic) bond motifs is 1. The molecule has 2 aliphatic rings. The number of ether oxygens (including phenoxy) is 2. The van der Waals surface area contributed by atoms with Gasteiger partial charge in [0.1, 0.15) is 17.2 Å². The van der Waals surface area contributed by atoms with E-state index < -0.39 is 5.82 Å². The summed E-state index contributed by atoms with van der Waals surface area (Å²) in [6, 6.07) is 7.96. The molecule has 1 amide bonds. The molecule has 2 aromatic carbocycles. The molecule has 5 rings (SSSR count). The lowest BCUT2D eigenvalue weighted by Crippen LogP contribution is -2.50. The molecular weight excluding hydrogens is 542 g/mol. The average Bonchev–Trinajstić information content (AvgIpc) is 2.97. The number of hydrogen-bond acceptors (Lipinski definition) is 8. The van der Waals surface area contributed by atoms with Crippen molar-refractivity contribution in [3.63, 3.8) is 0 Å². The molecule has 0 bridgehead atoms. The van der Waals surface area contributed by atoms with Crippen LogP contribution in [-0.2, 0) is 4.79 Å². The van der Waals surface area contributed by atoms with E-state index in [2.05, 4.69) is 14.9 Å². The maximum atomic E-state index is 15.2. The Morgan fingerprint density at radius 3 is 2.27 bits per heavy atom. The first-order valence-electron chi connectivity index (χ1n) is 13.3. The number of anilines is 2. The molecule has 2 aliphatic heterocycles. The second-order valence-corrected chi connectivity index (χ2v) is 9.97. The van der Waals surface area contributed by atoms with Crippen molar-refractivity contribution in [2.24, 2.45) is 0 Å². The van der Waals surface area contributed by atoms with Crippen molar-refractivity contribution < 1.29 is 23.0 Å². The number of hydrogen-bond donors (Lipinski definition) is 1. The second kappa shape index (κ2) is 12.8. The number of piperidine rings is 1. The Morgan fingerprint density at radius 1 is 0.975 bits per heavy atom. The van der Waals surface area contributed by atoms with E-state index in [1.54, 1.807) is 18.2 Å². The van der Waals surface area contributed by atoms with Crippen LogP contribution >= 0.6 is 12.4 Å². The average molecular weight is 577 g/mol. The Balaban J connectivity index is 0.00000370. The zero-order chi connectivity index (χ0) is 27.5. The molecule has 3 heterocycles. The molecule has 2 fully saturated rings. The Bertz CT molecular complexity index is 1330. The van der Waals surface area contributed by atoms with E-state index in [9.17, 15) is 9.18 Å². The number of rotatable bonds is 7. The van der Waals surface area contributed by atoms with Crippen molar-refractivity contribution in [2.45, 2.75) is 31.7 Å². The molecule has 3 aromatic rings. The molecule has 1 unspecified atom stereocenters. The summed E-state index contributed by atoms with van der Waals surface area (Å²) in [5, 5.41) is 0.340. The number of nitrogens with two attached hydrogens (primary N) is 1. The summed E-state index contributed by atoms with van der Waals surface area (Å²) < 4.78 is 39.2. The molecule has 9 nitrogen and oxygen atoms in total. The fourth-order valence-corrected chi connectivity index (χ4v) is 5.50. The molecule has 2 N–H and O–H groups in total. The standard InChI is InChI=1S/C28H34F2N6O3.ClH/c1-38-22-16-20-25(24(30)26(22)39-2)32-28(33-27(20)31)36-14-12-35(13-15-36)23(37)17-21(34-10-4-3-5-11-34)18-6-8-19(29)9-7-18;/h6-9,16,21H,3-5,10-15,17H2,1-2H3,(H2,31,32,33);1H. The van der Waals surface area contributed by atoms with E-state index in [1.807, 2.05) is 9.80 Å². The molecule has 1 aromatic heterocycles. The number of carbonyl (C=O) groups excluding carboxylic acids is 1. The van der Waals surface area contributed by atoms with Crippen LogP contribution < -0.4 is 20.1 Å². The van der Waals surface area contributed by atoms with Gasteiger partial charge < -0.3 is 25.0 Å². The fourth-order valence-electron chi connectivity index (χ4n) is 5.50. The normalized spacial score (nSPS) is 16.9. The van der Waals surface area contributed by atoms with E-state index in [1.165, 1.54) is 32.8 Å². The van der Waals surface area contributed by atoms with Crippen molar-refractivity contribution in [2.75, 3.05) is 64.1 Å². The summed E-state index contributed by atoms with van der Waals surface area (Å²) in [7, 11) is 2.78. The third kappa shape index (κ3) is 6.00. The predicted molar refractivity (Wildman–Crippen MR) is 152 cm³/mol. The fraction of sp³-hybridized carbons (Fsp3) is 0.464. The summed E-state index contributed by atoms with van der Waals surface area (Å²) in [6.07, 6.45) is 3.71. The predicted octanol–water partition coefficient (Wildman–Crippen LogP) is 4.20.